The van der Waals surface area contributed by atoms with Crippen LogP contribution < -0.4 is 14.8 Å². The lowest BCUT2D eigenvalue weighted by atomic mass is 10.1. The van der Waals surface area contributed by atoms with Crippen molar-refractivity contribution in [3.8, 4) is 11.5 Å². The third kappa shape index (κ3) is 5.63. The normalized spacial score (nSPS) is 11.4. The Hall–Kier alpha value is -2.73. The Balaban J connectivity index is 2.18. The first-order chi connectivity index (χ1) is 13.5. The summed E-state index contributed by atoms with van der Waals surface area (Å²) >= 11 is 6.24. The average molecular weight is 405 g/mol. The van der Waals surface area contributed by atoms with Gasteiger partial charge in [0, 0.05) is 18.1 Å². The summed E-state index contributed by atoms with van der Waals surface area (Å²) in [5.74, 6) is 0.427. The quantitative estimate of drug-likeness (QED) is 0.696. The molecule has 0 unspecified atom stereocenters. The Morgan fingerprint density at radius 1 is 1.11 bits per heavy atom. The third-order valence-electron chi connectivity index (χ3n) is 4.24. The number of nitrogens with zero attached hydrogens (tertiary/aromatic N) is 1. The Labute approximate surface area is 170 Å². The summed E-state index contributed by atoms with van der Waals surface area (Å²) in [5, 5.41) is 3.28. The molecule has 0 saturated heterocycles. The highest BCUT2D eigenvalue weighted by molar-refractivity contribution is 6.31. The number of ether oxygens (including phenoxy) is 2. The van der Waals surface area contributed by atoms with Crippen molar-refractivity contribution in [2.75, 3.05) is 20.3 Å². The Bertz CT molecular complexity index is 812. The van der Waals surface area contributed by atoms with Gasteiger partial charge in [0.15, 0.2) is 18.1 Å². The number of benzene rings is 2. The minimum Gasteiger partial charge on any atom is -0.493 e. The van der Waals surface area contributed by atoms with Gasteiger partial charge in [0.25, 0.3) is 5.91 Å². The van der Waals surface area contributed by atoms with Crippen molar-refractivity contribution in [2.45, 2.75) is 26.4 Å². The molecule has 0 heterocycles. The maximum atomic E-state index is 12.9. The van der Waals surface area contributed by atoms with E-state index in [1.54, 1.807) is 31.2 Å². The highest BCUT2D eigenvalue weighted by Gasteiger charge is 2.27. The van der Waals surface area contributed by atoms with Crippen molar-refractivity contribution >= 4 is 23.4 Å². The zero-order chi connectivity index (χ0) is 20.5. The molecule has 28 heavy (non-hydrogen) atoms. The van der Waals surface area contributed by atoms with Crippen molar-refractivity contribution in [3.63, 3.8) is 0 Å². The van der Waals surface area contributed by atoms with Crippen LogP contribution in [0.15, 0.2) is 48.5 Å². The number of hydrogen-bond acceptors (Lipinski definition) is 4. The first kappa shape index (κ1) is 21.6. The van der Waals surface area contributed by atoms with E-state index in [-0.39, 0.29) is 25.0 Å². The zero-order valence-corrected chi connectivity index (χ0v) is 17.0. The standard InChI is InChI=1S/C21H25ClN2O4/c1-4-23-21(26)15(2)24(13-16-9-5-6-10-17(16)22)20(25)14-28-19-12-8-7-11-18(19)27-3/h5-12,15H,4,13-14H2,1-3H3,(H,23,26)/t15-/m1/s1. The number of likely N-dealkylation sites (N-methyl/N-ethyl adjacent to an activating group) is 1. The minimum atomic E-state index is -0.676. The van der Waals surface area contributed by atoms with Crippen molar-refractivity contribution in [2.24, 2.45) is 0 Å². The molecule has 0 bridgehead atoms. The summed E-state index contributed by atoms with van der Waals surface area (Å²) in [6, 6.07) is 13.6. The SMILES string of the molecule is CCNC(=O)[C@@H](C)N(Cc1ccccc1Cl)C(=O)COc1ccccc1OC. The number of para-hydroxylation sites is 2. The minimum absolute atomic E-state index is 0.200. The molecule has 2 rings (SSSR count). The topological polar surface area (TPSA) is 67.9 Å². The van der Waals surface area contributed by atoms with E-state index < -0.39 is 6.04 Å². The molecule has 6 nitrogen and oxygen atoms in total. The van der Waals surface area contributed by atoms with Gasteiger partial charge in [-0.3, -0.25) is 9.59 Å². The van der Waals surface area contributed by atoms with Crippen LogP contribution in [0.2, 0.25) is 5.02 Å². The fraction of sp³-hybridized carbons (Fsp3) is 0.333. The van der Waals surface area contributed by atoms with Crippen LogP contribution in [-0.4, -0.2) is 43.0 Å². The van der Waals surface area contributed by atoms with Crippen molar-refractivity contribution in [1.82, 2.24) is 10.2 Å². The maximum absolute atomic E-state index is 12.9. The van der Waals surface area contributed by atoms with E-state index in [0.717, 1.165) is 5.56 Å². The number of halogens is 1. The van der Waals surface area contributed by atoms with E-state index in [9.17, 15) is 9.59 Å². The van der Waals surface area contributed by atoms with Crippen molar-refractivity contribution in [3.05, 3.63) is 59.1 Å². The van der Waals surface area contributed by atoms with Crippen LogP contribution in [0.4, 0.5) is 0 Å². The number of hydrogen-bond donors (Lipinski definition) is 1. The smallest absolute Gasteiger partial charge is 0.261 e. The lowest BCUT2D eigenvalue weighted by Gasteiger charge is -2.29. The molecule has 150 valence electrons. The average Bonchev–Trinajstić information content (AvgIpc) is 2.71. The van der Waals surface area contributed by atoms with E-state index in [1.807, 2.05) is 31.2 Å². The first-order valence-corrected chi connectivity index (χ1v) is 9.42. The number of rotatable bonds is 9. The van der Waals surface area contributed by atoms with E-state index in [2.05, 4.69) is 5.32 Å². The lowest BCUT2D eigenvalue weighted by molar-refractivity contribution is -0.142. The zero-order valence-electron chi connectivity index (χ0n) is 16.3. The molecule has 0 aromatic heterocycles. The molecule has 1 N–H and O–H groups in total. The molecule has 2 aromatic rings. The van der Waals surface area contributed by atoms with Crippen LogP contribution in [0.3, 0.4) is 0 Å². The van der Waals surface area contributed by atoms with Gasteiger partial charge >= 0.3 is 0 Å². The van der Waals surface area contributed by atoms with Crippen LogP contribution in [0.5, 0.6) is 11.5 Å². The Kier molecular flexibility index (Phi) is 8.14. The van der Waals surface area contributed by atoms with Crippen LogP contribution >= 0.6 is 11.6 Å². The molecule has 2 amide bonds. The third-order valence-corrected chi connectivity index (χ3v) is 4.61. The molecule has 2 aromatic carbocycles. The number of carbonyl (C=O) groups is 2. The van der Waals surface area contributed by atoms with E-state index in [1.165, 1.54) is 12.0 Å². The molecule has 0 aliphatic rings. The second-order valence-electron chi connectivity index (χ2n) is 6.12. The fourth-order valence-electron chi connectivity index (χ4n) is 2.68. The number of nitrogens with one attached hydrogen (secondary N) is 1. The highest BCUT2D eigenvalue weighted by atomic mass is 35.5. The van der Waals surface area contributed by atoms with Gasteiger partial charge in [0.05, 0.1) is 7.11 Å². The molecule has 0 aliphatic heterocycles. The van der Waals surface area contributed by atoms with E-state index >= 15 is 0 Å². The van der Waals surface area contributed by atoms with E-state index in [0.29, 0.717) is 23.1 Å². The summed E-state index contributed by atoms with van der Waals surface area (Å²) in [6.07, 6.45) is 0. The molecule has 1 atom stereocenters. The molecular weight excluding hydrogens is 380 g/mol. The van der Waals surface area contributed by atoms with Gasteiger partial charge in [-0.05, 0) is 37.6 Å². The van der Waals surface area contributed by atoms with Gasteiger partial charge in [-0.25, -0.2) is 0 Å². The van der Waals surface area contributed by atoms with Gasteiger partial charge < -0.3 is 19.7 Å². The summed E-state index contributed by atoms with van der Waals surface area (Å²) in [5.41, 5.74) is 0.756. The lowest BCUT2D eigenvalue weighted by Crippen LogP contribution is -2.49. The van der Waals surface area contributed by atoms with Crippen LogP contribution in [0.1, 0.15) is 19.4 Å². The summed E-state index contributed by atoms with van der Waals surface area (Å²) in [4.78, 5) is 26.7. The molecule has 7 heteroatoms. The number of amides is 2. The highest BCUT2D eigenvalue weighted by Crippen LogP contribution is 2.26. The molecule has 0 radical (unpaired) electrons. The largest absolute Gasteiger partial charge is 0.493 e. The van der Waals surface area contributed by atoms with Crippen molar-refractivity contribution in [1.29, 1.82) is 0 Å². The van der Waals surface area contributed by atoms with Crippen molar-refractivity contribution < 1.29 is 19.1 Å². The predicted molar refractivity (Wildman–Crippen MR) is 109 cm³/mol. The predicted octanol–water partition coefficient (Wildman–Crippen LogP) is 3.28. The van der Waals surface area contributed by atoms with Gasteiger partial charge in [-0.15, -0.1) is 0 Å². The maximum Gasteiger partial charge on any atom is 0.261 e. The molecule has 0 fully saturated rings. The molecule has 0 aliphatic carbocycles. The van der Waals surface area contributed by atoms with Crippen LogP contribution in [0.25, 0.3) is 0 Å². The van der Waals surface area contributed by atoms with Crippen LogP contribution in [-0.2, 0) is 16.1 Å². The van der Waals surface area contributed by atoms with Gasteiger partial charge in [-0.1, -0.05) is 41.9 Å². The summed E-state index contributed by atoms with van der Waals surface area (Å²) in [6.45, 7) is 3.97. The van der Waals surface area contributed by atoms with Gasteiger partial charge in [0.1, 0.15) is 6.04 Å². The Morgan fingerprint density at radius 3 is 2.39 bits per heavy atom. The second-order valence-corrected chi connectivity index (χ2v) is 6.53. The first-order valence-electron chi connectivity index (χ1n) is 9.04. The molecular formula is C21H25ClN2O4. The van der Waals surface area contributed by atoms with Gasteiger partial charge in [-0.2, -0.15) is 0 Å². The summed E-state index contributed by atoms with van der Waals surface area (Å²) in [7, 11) is 1.53. The van der Waals surface area contributed by atoms with Crippen LogP contribution in [0, 0.1) is 0 Å². The molecule has 0 saturated carbocycles. The van der Waals surface area contributed by atoms with Gasteiger partial charge in [0.2, 0.25) is 5.91 Å². The number of methoxy groups -OCH3 is 1. The van der Waals surface area contributed by atoms with E-state index in [4.69, 9.17) is 21.1 Å². The summed E-state index contributed by atoms with van der Waals surface area (Å²) < 4.78 is 10.9. The Morgan fingerprint density at radius 2 is 1.75 bits per heavy atom. The fourth-order valence-corrected chi connectivity index (χ4v) is 2.87. The number of carbonyl (C=O) groups excluding carboxylic acids is 2. The second kappa shape index (κ2) is 10.6. The molecule has 0 spiro atoms. The monoisotopic (exact) mass is 404 g/mol.